The van der Waals surface area contributed by atoms with Crippen molar-refractivity contribution in [1.29, 1.82) is 0 Å². The molecule has 0 radical (unpaired) electrons. The Morgan fingerprint density at radius 1 is 1.30 bits per heavy atom. The Kier molecular flexibility index (Phi) is 7.23. The van der Waals surface area contributed by atoms with Crippen LogP contribution in [0, 0.1) is 5.82 Å². The highest BCUT2D eigenvalue weighted by atomic mass is 32.2. The van der Waals surface area contributed by atoms with Gasteiger partial charge in [0.2, 0.25) is 5.91 Å². The zero-order valence-corrected chi connectivity index (χ0v) is 16.3. The first-order valence-electron chi connectivity index (χ1n) is 9.29. The van der Waals surface area contributed by atoms with Gasteiger partial charge in [-0.05, 0) is 25.0 Å². The number of hydrogen-bond donors (Lipinski definition) is 1. The SMILES string of the molecule is COCCNC(=O)CSc1nnc(-c2ccccc2F)n1C1CCCCC1. The normalized spacial score (nSPS) is 15.0. The van der Waals surface area contributed by atoms with Crippen LogP contribution < -0.4 is 5.32 Å². The molecule has 0 saturated heterocycles. The number of benzene rings is 1. The number of carbonyl (C=O) groups is 1. The molecule has 1 heterocycles. The van der Waals surface area contributed by atoms with Gasteiger partial charge in [-0.3, -0.25) is 9.36 Å². The summed E-state index contributed by atoms with van der Waals surface area (Å²) in [5.74, 6) is 0.395. The number of amides is 1. The van der Waals surface area contributed by atoms with Crippen molar-refractivity contribution in [3.05, 3.63) is 30.1 Å². The van der Waals surface area contributed by atoms with Crippen LogP contribution >= 0.6 is 11.8 Å². The van der Waals surface area contributed by atoms with Crippen LogP contribution in [0.3, 0.4) is 0 Å². The van der Waals surface area contributed by atoms with E-state index in [1.165, 1.54) is 24.2 Å². The van der Waals surface area contributed by atoms with Crippen molar-refractivity contribution in [2.24, 2.45) is 0 Å². The van der Waals surface area contributed by atoms with Gasteiger partial charge in [0.1, 0.15) is 5.82 Å². The van der Waals surface area contributed by atoms with Crippen LogP contribution in [-0.4, -0.2) is 46.7 Å². The summed E-state index contributed by atoms with van der Waals surface area (Å²) >= 11 is 1.34. The molecule has 3 rings (SSSR count). The molecule has 1 saturated carbocycles. The standard InChI is InChI=1S/C19H25FN4O2S/c1-26-12-11-21-17(25)13-27-19-23-22-18(15-9-5-6-10-16(15)20)24(19)14-7-3-2-4-8-14/h5-6,9-10,14H,2-4,7-8,11-13H2,1H3,(H,21,25). The third-order valence-electron chi connectivity index (χ3n) is 4.68. The number of nitrogens with one attached hydrogen (secondary N) is 1. The molecule has 1 N–H and O–H groups in total. The fraction of sp³-hybridized carbons (Fsp3) is 0.526. The molecule has 27 heavy (non-hydrogen) atoms. The second-order valence-electron chi connectivity index (χ2n) is 6.58. The molecule has 1 amide bonds. The molecule has 0 atom stereocenters. The van der Waals surface area contributed by atoms with E-state index in [0.717, 1.165) is 25.7 Å². The molecule has 0 spiro atoms. The van der Waals surface area contributed by atoms with Gasteiger partial charge in [0.25, 0.3) is 0 Å². The number of halogens is 1. The number of rotatable bonds is 8. The smallest absolute Gasteiger partial charge is 0.230 e. The van der Waals surface area contributed by atoms with Crippen LogP contribution in [0.1, 0.15) is 38.1 Å². The molecule has 1 aliphatic carbocycles. The third kappa shape index (κ3) is 5.07. The number of nitrogens with zero attached hydrogens (tertiary/aromatic N) is 3. The van der Waals surface area contributed by atoms with Gasteiger partial charge in [0.15, 0.2) is 11.0 Å². The lowest BCUT2D eigenvalue weighted by Crippen LogP contribution is -2.28. The van der Waals surface area contributed by atoms with E-state index in [-0.39, 0.29) is 23.5 Å². The lowest BCUT2D eigenvalue weighted by Gasteiger charge is -2.25. The average Bonchev–Trinajstić information content (AvgIpc) is 3.11. The van der Waals surface area contributed by atoms with E-state index in [0.29, 0.717) is 29.7 Å². The van der Waals surface area contributed by atoms with E-state index >= 15 is 0 Å². The molecule has 1 aromatic heterocycles. The zero-order valence-electron chi connectivity index (χ0n) is 15.5. The Morgan fingerprint density at radius 2 is 2.07 bits per heavy atom. The predicted molar refractivity (Wildman–Crippen MR) is 103 cm³/mol. The first kappa shape index (κ1) is 19.8. The van der Waals surface area contributed by atoms with Crippen molar-refractivity contribution in [2.75, 3.05) is 26.0 Å². The number of aromatic nitrogens is 3. The molecule has 1 aromatic carbocycles. The molecule has 146 valence electrons. The molecule has 1 aliphatic rings. The first-order valence-corrected chi connectivity index (χ1v) is 10.3. The summed E-state index contributed by atoms with van der Waals surface area (Å²) in [5.41, 5.74) is 0.451. The van der Waals surface area contributed by atoms with Gasteiger partial charge >= 0.3 is 0 Å². The van der Waals surface area contributed by atoms with E-state index in [1.807, 2.05) is 4.57 Å². The van der Waals surface area contributed by atoms with Gasteiger partial charge in [-0.2, -0.15) is 0 Å². The second kappa shape index (κ2) is 9.85. The fourth-order valence-electron chi connectivity index (χ4n) is 3.34. The van der Waals surface area contributed by atoms with Crippen LogP contribution in [0.15, 0.2) is 29.4 Å². The molecule has 0 aliphatic heterocycles. The van der Waals surface area contributed by atoms with Crippen LogP contribution in [0.4, 0.5) is 4.39 Å². The van der Waals surface area contributed by atoms with E-state index in [2.05, 4.69) is 15.5 Å². The van der Waals surface area contributed by atoms with E-state index in [1.54, 1.807) is 25.3 Å². The van der Waals surface area contributed by atoms with Gasteiger partial charge in [-0.25, -0.2) is 4.39 Å². The Hall–Kier alpha value is -1.93. The van der Waals surface area contributed by atoms with Crippen molar-refractivity contribution in [3.8, 4) is 11.4 Å². The number of methoxy groups -OCH3 is 1. The largest absolute Gasteiger partial charge is 0.383 e. The van der Waals surface area contributed by atoms with Gasteiger partial charge in [-0.15, -0.1) is 10.2 Å². The predicted octanol–water partition coefficient (Wildman–Crippen LogP) is 3.44. The highest BCUT2D eigenvalue weighted by Gasteiger charge is 2.25. The van der Waals surface area contributed by atoms with Gasteiger partial charge < -0.3 is 10.1 Å². The van der Waals surface area contributed by atoms with Gasteiger partial charge in [0.05, 0.1) is 17.9 Å². The Labute approximate surface area is 162 Å². The summed E-state index contributed by atoms with van der Waals surface area (Å²) in [6.45, 7) is 0.956. The maximum absolute atomic E-state index is 14.4. The lowest BCUT2D eigenvalue weighted by molar-refractivity contribution is -0.118. The summed E-state index contributed by atoms with van der Waals surface area (Å²) in [6, 6.07) is 6.87. The Balaban J connectivity index is 1.81. The maximum Gasteiger partial charge on any atom is 0.230 e. The van der Waals surface area contributed by atoms with E-state index < -0.39 is 0 Å². The molecular formula is C19H25FN4O2S. The summed E-state index contributed by atoms with van der Waals surface area (Å²) in [6.07, 6.45) is 5.54. The summed E-state index contributed by atoms with van der Waals surface area (Å²) in [4.78, 5) is 12.0. The second-order valence-corrected chi connectivity index (χ2v) is 7.52. The van der Waals surface area contributed by atoms with Crippen LogP contribution in [0.2, 0.25) is 0 Å². The minimum Gasteiger partial charge on any atom is -0.383 e. The first-order chi connectivity index (χ1) is 13.2. The highest BCUT2D eigenvalue weighted by Crippen LogP contribution is 2.36. The van der Waals surface area contributed by atoms with Gasteiger partial charge in [0, 0.05) is 19.7 Å². The monoisotopic (exact) mass is 392 g/mol. The van der Waals surface area contributed by atoms with Crippen LogP contribution in [-0.2, 0) is 9.53 Å². The quantitative estimate of drug-likeness (QED) is 0.550. The molecular weight excluding hydrogens is 367 g/mol. The van der Waals surface area contributed by atoms with Crippen molar-refractivity contribution >= 4 is 17.7 Å². The number of hydrogen-bond acceptors (Lipinski definition) is 5. The Bertz CT molecular complexity index is 762. The minimum absolute atomic E-state index is 0.0808. The minimum atomic E-state index is -0.309. The Morgan fingerprint density at radius 3 is 2.81 bits per heavy atom. The molecule has 0 bridgehead atoms. The molecule has 8 heteroatoms. The summed E-state index contributed by atoms with van der Waals surface area (Å²) < 4.78 is 21.3. The average molecular weight is 393 g/mol. The summed E-state index contributed by atoms with van der Waals surface area (Å²) in [5, 5.41) is 12.0. The lowest BCUT2D eigenvalue weighted by atomic mass is 9.95. The number of carbonyl (C=O) groups excluding carboxylic acids is 1. The van der Waals surface area contributed by atoms with Crippen LogP contribution in [0.25, 0.3) is 11.4 Å². The molecule has 1 fully saturated rings. The summed E-state index contributed by atoms with van der Waals surface area (Å²) in [7, 11) is 1.60. The van der Waals surface area contributed by atoms with Crippen molar-refractivity contribution in [3.63, 3.8) is 0 Å². The van der Waals surface area contributed by atoms with E-state index in [9.17, 15) is 9.18 Å². The van der Waals surface area contributed by atoms with Crippen LogP contribution in [0.5, 0.6) is 0 Å². The number of ether oxygens (including phenoxy) is 1. The van der Waals surface area contributed by atoms with Crippen molar-refractivity contribution in [1.82, 2.24) is 20.1 Å². The van der Waals surface area contributed by atoms with Gasteiger partial charge in [-0.1, -0.05) is 43.2 Å². The number of thioether (sulfide) groups is 1. The topological polar surface area (TPSA) is 69.0 Å². The highest BCUT2D eigenvalue weighted by molar-refractivity contribution is 7.99. The zero-order chi connectivity index (χ0) is 19.1. The molecule has 0 unspecified atom stereocenters. The van der Waals surface area contributed by atoms with Crippen molar-refractivity contribution < 1.29 is 13.9 Å². The molecule has 2 aromatic rings. The van der Waals surface area contributed by atoms with Crippen molar-refractivity contribution in [2.45, 2.75) is 43.3 Å². The third-order valence-corrected chi connectivity index (χ3v) is 5.62. The van der Waals surface area contributed by atoms with E-state index in [4.69, 9.17) is 4.74 Å². The molecule has 6 nitrogen and oxygen atoms in total. The fourth-order valence-corrected chi connectivity index (χ4v) is 4.18. The maximum atomic E-state index is 14.4.